The summed E-state index contributed by atoms with van der Waals surface area (Å²) < 4.78 is 0. The van der Waals surface area contributed by atoms with Crippen LogP contribution in [0.25, 0.3) is 78.3 Å². The Labute approximate surface area is 328 Å². The van der Waals surface area contributed by atoms with Crippen molar-refractivity contribution >= 4 is 10.8 Å². The zero-order valence-corrected chi connectivity index (χ0v) is 31.3. The second-order valence-corrected chi connectivity index (χ2v) is 16.8. The van der Waals surface area contributed by atoms with Gasteiger partial charge in [-0.3, -0.25) is 0 Å². The Kier molecular flexibility index (Phi) is 7.11. The smallest absolute Gasteiger partial charge is 0.164 e. The number of hydrogen-bond acceptors (Lipinski definition) is 3. The number of aromatic nitrogens is 3. The largest absolute Gasteiger partial charge is 0.208 e. The molecule has 56 heavy (non-hydrogen) atoms. The maximum Gasteiger partial charge on any atom is 0.164 e. The van der Waals surface area contributed by atoms with Crippen molar-refractivity contribution in [2.45, 2.75) is 37.5 Å². The molecular weight excluding hydrogens is 679 g/mol. The second kappa shape index (κ2) is 12.4. The fourth-order valence-corrected chi connectivity index (χ4v) is 11.9. The van der Waals surface area contributed by atoms with Gasteiger partial charge in [-0.05, 0) is 117 Å². The van der Waals surface area contributed by atoms with Gasteiger partial charge in [0.1, 0.15) is 0 Å². The summed E-state index contributed by atoms with van der Waals surface area (Å²) in [6, 6.07) is 59.5. The fourth-order valence-electron chi connectivity index (χ4n) is 11.9. The fraction of sp³-hybridized carbons (Fsp3) is 0.189. The molecule has 8 aromatic rings. The highest BCUT2D eigenvalue weighted by Crippen LogP contribution is 2.70. The van der Waals surface area contributed by atoms with Crippen molar-refractivity contribution in [2.75, 3.05) is 0 Å². The lowest BCUT2D eigenvalue weighted by Crippen LogP contribution is -2.55. The Hall–Kier alpha value is -6.19. The molecule has 7 aromatic carbocycles. The minimum Gasteiger partial charge on any atom is -0.208 e. The molecule has 0 aliphatic heterocycles. The Morgan fingerprint density at radius 2 is 0.911 bits per heavy atom. The SMILES string of the molecule is c1ccc(-c2nc(-c3ccccc3)nc(-c3ccccc3-c3ccc(-c4ccc5c(c4)-c4c(ccc6ccccc46)C54C5CC6CC(C5)CC4C6)cc3)n2)cc1. The summed E-state index contributed by atoms with van der Waals surface area (Å²) in [5, 5.41) is 2.75. The summed E-state index contributed by atoms with van der Waals surface area (Å²) in [4.78, 5) is 15.1. The predicted octanol–water partition coefficient (Wildman–Crippen LogP) is 13.1. The Balaban J connectivity index is 0.954. The molecule has 1 heterocycles. The van der Waals surface area contributed by atoms with Gasteiger partial charge in [-0.15, -0.1) is 0 Å². The molecule has 3 heteroatoms. The number of hydrogen-bond donors (Lipinski definition) is 0. The first-order valence-electron chi connectivity index (χ1n) is 20.4. The van der Waals surface area contributed by atoms with Crippen LogP contribution in [-0.2, 0) is 5.41 Å². The van der Waals surface area contributed by atoms with Crippen molar-refractivity contribution in [3.8, 4) is 67.5 Å². The number of nitrogens with zero attached hydrogens (tertiary/aromatic N) is 3. The second-order valence-electron chi connectivity index (χ2n) is 16.8. The van der Waals surface area contributed by atoms with Crippen LogP contribution in [0.5, 0.6) is 0 Å². The van der Waals surface area contributed by atoms with E-state index in [1.54, 1.807) is 11.1 Å². The van der Waals surface area contributed by atoms with Gasteiger partial charge in [0.25, 0.3) is 0 Å². The van der Waals surface area contributed by atoms with Crippen LogP contribution >= 0.6 is 0 Å². The van der Waals surface area contributed by atoms with Gasteiger partial charge in [0.2, 0.25) is 0 Å². The maximum absolute atomic E-state index is 5.07. The summed E-state index contributed by atoms with van der Waals surface area (Å²) >= 11 is 0. The van der Waals surface area contributed by atoms with Crippen LogP contribution in [-0.4, -0.2) is 15.0 Å². The van der Waals surface area contributed by atoms with Gasteiger partial charge in [0.05, 0.1) is 0 Å². The summed E-state index contributed by atoms with van der Waals surface area (Å²) in [5.41, 5.74) is 14.0. The molecule has 1 aromatic heterocycles. The van der Waals surface area contributed by atoms with Crippen molar-refractivity contribution in [1.29, 1.82) is 0 Å². The van der Waals surface area contributed by atoms with E-state index in [0.717, 1.165) is 51.5 Å². The summed E-state index contributed by atoms with van der Waals surface area (Å²) in [5.74, 6) is 5.37. The maximum atomic E-state index is 5.07. The Bertz CT molecular complexity index is 2720. The highest BCUT2D eigenvalue weighted by molar-refractivity contribution is 6.03. The van der Waals surface area contributed by atoms with Crippen LogP contribution in [0, 0.1) is 23.7 Å². The van der Waals surface area contributed by atoms with Gasteiger partial charge in [-0.25, -0.2) is 15.0 Å². The van der Waals surface area contributed by atoms with E-state index >= 15 is 0 Å². The van der Waals surface area contributed by atoms with Crippen LogP contribution in [0.1, 0.15) is 43.2 Å². The minimum atomic E-state index is 0.157. The molecule has 0 radical (unpaired) electrons. The van der Waals surface area contributed by atoms with Crippen molar-refractivity contribution in [3.05, 3.63) is 175 Å². The topological polar surface area (TPSA) is 38.7 Å². The van der Waals surface area contributed by atoms with Crippen molar-refractivity contribution < 1.29 is 0 Å². The molecule has 4 saturated carbocycles. The first-order valence-corrected chi connectivity index (χ1v) is 20.4. The standard InChI is InChI=1S/C53H41N3/c1-3-12-38(13-4-1)50-54-51(39-14-5-2-6-15-39)56-52(55-50)45-18-10-9-16-43(45)37-21-19-35(20-22-37)40-24-25-47-46(32-40)49-44-17-8-7-11-36(44)23-26-48(49)53(47)41-28-33-27-34(30-41)31-42(53)29-33/h1-26,32-34,41-42H,27-31H2. The van der Waals surface area contributed by atoms with Crippen LogP contribution in [0.4, 0.5) is 0 Å². The van der Waals surface area contributed by atoms with Gasteiger partial charge in [0, 0.05) is 22.1 Å². The van der Waals surface area contributed by atoms with Crippen molar-refractivity contribution in [1.82, 2.24) is 15.0 Å². The summed E-state index contributed by atoms with van der Waals surface area (Å²) in [7, 11) is 0. The molecule has 0 saturated heterocycles. The molecule has 4 bridgehead atoms. The first kappa shape index (κ1) is 32.1. The summed E-state index contributed by atoms with van der Waals surface area (Å²) in [6.07, 6.45) is 7.06. The van der Waals surface area contributed by atoms with Gasteiger partial charge in [-0.1, -0.05) is 158 Å². The lowest BCUT2D eigenvalue weighted by molar-refractivity contribution is -0.0399. The molecular formula is C53H41N3. The quantitative estimate of drug-likeness (QED) is 0.178. The van der Waals surface area contributed by atoms with Crippen LogP contribution in [0.2, 0.25) is 0 Å². The van der Waals surface area contributed by atoms with Crippen LogP contribution in [0.15, 0.2) is 164 Å². The molecule has 5 aliphatic rings. The minimum absolute atomic E-state index is 0.157. The summed E-state index contributed by atoms with van der Waals surface area (Å²) in [6.45, 7) is 0. The van der Waals surface area contributed by atoms with Crippen molar-refractivity contribution in [3.63, 3.8) is 0 Å². The Morgan fingerprint density at radius 3 is 1.59 bits per heavy atom. The number of rotatable bonds is 5. The molecule has 1 spiro atoms. The number of benzene rings is 7. The average Bonchev–Trinajstić information content (AvgIpc) is 3.56. The van der Waals surface area contributed by atoms with Gasteiger partial charge >= 0.3 is 0 Å². The van der Waals surface area contributed by atoms with E-state index in [2.05, 4.69) is 127 Å². The van der Waals surface area contributed by atoms with Crippen LogP contribution in [0.3, 0.4) is 0 Å². The molecule has 0 atom stereocenters. The third-order valence-electron chi connectivity index (χ3n) is 13.9. The average molecular weight is 720 g/mol. The van der Waals surface area contributed by atoms with Crippen LogP contribution < -0.4 is 0 Å². The van der Waals surface area contributed by atoms with Crippen molar-refractivity contribution in [2.24, 2.45) is 23.7 Å². The zero-order valence-electron chi connectivity index (χ0n) is 31.3. The zero-order chi connectivity index (χ0) is 36.8. The third-order valence-corrected chi connectivity index (χ3v) is 13.9. The monoisotopic (exact) mass is 719 g/mol. The predicted molar refractivity (Wildman–Crippen MR) is 228 cm³/mol. The first-order chi connectivity index (χ1) is 27.7. The highest BCUT2D eigenvalue weighted by Gasteiger charge is 2.61. The molecule has 5 aliphatic carbocycles. The third kappa shape index (κ3) is 4.79. The lowest BCUT2D eigenvalue weighted by Gasteiger charge is -2.61. The van der Waals surface area contributed by atoms with E-state index in [0.29, 0.717) is 17.5 Å². The van der Waals surface area contributed by atoms with Gasteiger partial charge < -0.3 is 0 Å². The molecule has 4 fully saturated rings. The molecule has 268 valence electrons. The normalized spacial score (nSPS) is 22.7. The number of fused-ring (bicyclic) bond motifs is 5. The van der Waals surface area contributed by atoms with E-state index < -0.39 is 0 Å². The van der Waals surface area contributed by atoms with Gasteiger partial charge in [0.15, 0.2) is 17.5 Å². The van der Waals surface area contributed by atoms with E-state index in [-0.39, 0.29) is 5.41 Å². The molecule has 13 rings (SSSR count). The van der Waals surface area contributed by atoms with E-state index in [1.807, 2.05) is 36.4 Å². The lowest BCUT2D eigenvalue weighted by atomic mass is 9.43. The Morgan fingerprint density at radius 1 is 0.375 bits per heavy atom. The molecule has 3 nitrogen and oxygen atoms in total. The van der Waals surface area contributed by atoms with Gasteiger partial charge in [-0.2, -0.15) is 0 Å². The highest BCUT2D eigenvalue weighted by atomic mass is 15.0. The molecule has 0 unspecified atom stereocenters. The van der Waals surface area contributed by atoms with E-state index in [1.165, 1.54) is 65.1 Å². The molecule has 0 amide bonds. The van der Waals surface area contributed by atoms with E-state index in [9.17, 15) is 0 Å². The molecule has 0 N–H and O–H groups in total. The van der Waals surface area contributed by atoms with E-state index in [4.69, 9.17) is 15.0 Å².